The van der Waals surface area contributed by atoms with Crippen LogP contribution in [0.5, 0.6) is 5.75 Å². The molecule has 4 rings (SSSR count). The summed E-state index contributed by atoms with van der Waals surface area (Å²) in [5, 5.41) is 25.9. The van der Waals surface area contributed by atoms with Crippen molar-refractivity contribution in [3.8, 4) is 5.75 Å². The van der Waals surface area contributed by atoms with E-state index in [0.29, 0.717) is 23.3 Å². The first-order chi connectivity index (χ1) is 20.0. The molecule has 43 heavy (non-hydrogen) atoms. The van der Waals surface area contributed by atoms with E-state index in [2.05, 4.69) is 4.98 Å². The number of aliphatic carboxylic acids is 1. The van der Waals surface area contributed by atoms with Gasteiger partial charge in [0.25, 0.3) is 0 Å². The number of aromatic nitrogens is 1. The average Bonchev–Trinajstić information content (AvgIpc) is 3.15. The molecule has 2 aromatic carbocycles. The third kappa shape index (κ3) is 11.0. The van der Waals surface area contributed by atoms with Crippen LogP contribution in [0.4, 0.5) is 13.2 Å². The van der Waals surface area contributed by atoms with Crippen LogP contribution >= 0.6 is 0 Å². The first-order valence-corrected chi connectivity index (χ1v) is 13.2. The van der Waals surface area contributed by atoms with E-state index in [0.717, 1.165) is 11.6 Å². The van der Waals surface area contributed by atoms with Crippen molar-refractivity contribution < 1.29 is 51.9 Å². The number of methoxy groups -OCH3 is 1. The molecule has 1 fully saturated rings. The quantitative estimate of drug-likeness (QED) is 0.348. The molecule has 3 N–H and O–H groups in total. The molecular formula is C29H36B2F3NO8. The minimum Gasteiger partial charge on any atom is -0.497 e. The molecule has 1 saturated heterocycles. The van der Waals surface area contributed by atoms with Crippen molar-refractivity contribution in [3.63, 3.8) is 0 Å². The summed E-state index contributed by atoms with van der Waals surface area (Å²) >= 11 is 0. The number of rotatable bonds is 7. The zero-order valence-electron chi connectivity index (χ0n) is 24.9. The van der Waals surface area contributed by atoms with Crippen molar-refractivity contribution in [1.82, 2.24) is 4.98 Å². The lowest BCUT2D eigenvalue weighted by atomic mass is 9.79. The minimum absolute atomic E-state index is 0.241. The molecule has 14 heteroatoms. The Bertz CT molecular complexity index is 1310. The van der Waals surface area contributed by atoms with Crippen molar-refractivity contribution >= 4 is 31.1 Å². The first kappa shape index (κ1) is 35.8. The molecule has 1 aromatic heterocycles. The van der Waals surface area contributed by atoms with Crippen LogP contribution in [-0.4, -0.2) is 65.3 Å². The van der Waals surface area contributed by atoms with Gasteiger partial charge in [0.1, 0.15) is 18.1 Å². The Morgan fingerprint density at radius 2 is 1.53 bits per heavy atom. The van der Waals surface area contributed by atoms with Crippen molar-refractivity contribution in [2.45, 2.75) is 58.6 Å². The standard InChI is InChI=1S/C13H17BF3NO2.C9H10O3.C7H9BO3/c1-8-6-9(7-10(18-8)13(15,16)17)14-19-11(2,3)12(4,5)20-14;10-9(11)7-12-6-8-4-2-1-3-5-8;1-11-7-5-3-2-4-6(7)8(9)10/h6-7H,1-5H3;1-5H,6-7H2,(H,10,11);2-5,9-10H,1H3. The first-order valence-electron chi connectivity index (χ1n) is 13.2. The maximum Gasteiger partial charge on any atom is 0.494 e. The molecule has 232 valence electrons. The molecule has 1 aliphatic heterocycles. The molecule has 3 aromatic rings. The van der Waals surface area contributed by atoms with E-state index < -0.39 is 43.3 Å². The summed E-state index contributed by atoms with van der Waals surface area (Å²) in [6, 6.07) is 18.8. The summed E-state index contributed by atoms with van der Waals surface area (Å²) in [7, 11) is -0.796. The average molecular weight is 605 g/mol. The maximum absolute atomic E-state index is 12.8. The van der Waals surface area contributed by atoms with Gasteiger partial charge in [0.15, 0.2) is 0 Å². The number of nitrogens with zero attached hydrogens (tertiary/aromatic N) is 1. The van der Waals surface area contributed by atoms with E-state index in [9.17, 15) is 18.0 Å². The molecule has 1 aliphatic rings. The summed E-state index contributed by atoms with van der Waals surface area (Å²) in [6.45, 7) is 9.04. The van der Waals surface area contributed by atoms with Crippen molar-refractivity contribution in [2.24, 2.45) is 0 Å². The second kappa shape index (κ2) is 15.3. The molecule has 0 spiro atoms. The van der Waals surface area contributed by atoms with Gasteiger partial charge in [-0.15, -0.1) is 0 Å². The van der Waals surface area contributed by atoms with Gasteiger partial charge >= 0.3 is 26.4 Å². The number of ether oxygens (including phenoxy) is 2. The van der Waals surface area contributed by atoms with Crippen molar-refractivity contribution in [3.05, 3.63) is 83.7 Å². The Morgan fingerprint density at radius 1 is 0.977 bits per heavy atom. The Balaban J connectivity index is 0.000000241. The zero-order valence-corrected chi connectivity index (χ0v) is 24.9. The summed E-state index contributed by atoms with van der Waals surface area (Å²) in [6.07, 6.45) is -4.48. The van der Waals surface area contributed by atoms with E-state index in [4.69, 9.17) is 33.9 Å². The molecule has 9 nitrogen and oxygen atoms in total. The smallest absolute Gasteiger partial charge is 0.494 e. The van der Waals surface area contributed by atoms with Gasteiger partial charge in [0.2, 0.25) is 0 Å². The van der Waals surface area contributed by atoms with Crippen LogP contribution in [0.3, 0.4) is 0 Å². The number of carbonyl (C=O) groups is 1. The highest BCUT2D eigenvalue weighted by Crippen LogP contribution is 2.37. The number of carboxylic acid groups (broad SMARTS) is 1. The highest BCUT2D eigenvalue weighted by atomic mass is 19.4. The Kier molecular flexibility index (Phi) is 12.8. The predicted molar refractivity (Wildman–Crippen MR) is 156 cm³/mol. The lowest BCUT2D eigenvalue weighted by Gasteiger charge is -2.32. The molecule has 0 bridgehead atoms. The molecular weight excluding hydrogens is 569 g/mol. The van der Waals surface area contributed by atoms with Gasteiger partial charge in [-0.3, -0.25) is 0 Å². The highest BCUT2D eigenvalue weighted by molar-refractivity contribution is 6.62. The highest BCUT2D eigenvalue weighted by Gasteiger charge is 2.52. The molecule has 2 heterocycles. The van der Waals surface area contributed by atoms with E-state index in [1.54, 1.807) is 30.3 Å². The van der Waals surface area contributed by atoms with E-state index in [1.165, 1.54) is 14.0 Å². The second-order valence-corrected chi connectivity index (χ2v) is 10.5. The van der Waals surface area contributed by atoms with E-state index >= 15 is 0 Å². The number of hydrogen-bond donors (Lipinski definition) is 3. The van der Waals surface area contributed by atoms with Crippen LogP contribution < -0.4 is 15.7 Å². The lowest BCUT2D eigenvalue weighted by molar-refractivity contribution is -0.143. The van der Waals surface area contributed by atoms with Gasteiger partial charge in [-0.2, -0.15) is 13.2 Å². The molecule has 0 unspecified atom stereocenters. The second-order valence-electron chi connectivity index (χ2n) is 10.5. The number of alkyl halides is 3. The number of halogens is 3. The van der Waals surface area contributed by atoms with Crippen LogP contribution in [0.2, 0.25) is 0 Å². The summed E-state index contributed by atoms with van der Waals surface area (Å²) in [5.74, 6) is -0.451. The number of pyridine rings is 1. The number of aryl methyl sites for hydroxylation is 1. The van der Waals surface area contributed by atoms with Gasteiger partial charge in [-0.05, 0) is 63.8 Å². The molecule has 0 saturated carbocycles. The van der Waals surface area contributed by atoms with Crippen LogP contribution in [-0.2, 0) is 31.6 Å². The molecule has 0 atom stereocenters. The molecule has 0 aliphatic carbocycles. The Morgan fingerprint density at radius 3 is 2.02 bits per heavy atom. The number of hydrogen-bond acceptors (Lipinski definition) is 8. The van der Waals surface area contributed by atoms with Gasteiger partial charge in [0.05, 0.1) is 24.9 Å². The SMILES string of the molecule is COc1ccccc1B(O)O.Cc1cc(B2OC(C)(C)C(C)(C)O2)cc(C(F)(F)F)n1.O=C(O)COCc1ccccc1. The Labute approximate surface area is 249 Å². The lowest BCUT2D eigenvalue weighted by Crippen LogP contribution is -2.41. The van der Waals surface area contributed by atoms with Crippen LogP contribution in [0.25, 0.3) is 0 Å². The van der Waals surface area contributed by atoms with Crippen LogP contribution in [0, 0.1) is 6.92 Å². The summed E-state index contributed by atoms with van der Waals surface area (Å²) in [5.41, 5.74) is -0.121. The van der Waals surface area contributed by atoms with Crippen LogP contribution in [0.15, 0.2) is 66.7 Å². The fraction of sp³-hybridized carbons (Fsp3) is 0.379. The third-order valence-corrected chi connectivity index (χ3v) is 6.55. The Hall–Kier alpha value is -3.42. The third-order valence-electron chi connectivity index (χ3n) is 6.55. The number of para-hydroxylation sites is 1. The predicted octanol–water partition coefficient (Wildman–Crippen LogP) is 3.37. The normalized spacial score (nSPS) is 15.0. The van der Waals surface area contributed by atoms with Gasteiger partial charge < -0.3 is 33.9 Å². The monoisotopic (exact) mass is 605 g/mol. The molecule has 0 radical (unpaired) electrons. The summed E-state index contributed by atoms with van der Waals surface area (Å²) in [4.78, 5) is 13.6. The van der Waals surface area contributed by atoms with E-state index in [1.807, 2.05) is 58.0 Å². The van der Waals surface area contributed by atoms with Crippen molar-refractivity contribution in [2.75, 3.05) is 13.7 Å². The van der Waals surface area contributed by atoms with Gasteiger partial charge in [0, 0.05) is 11.2 Å². The van der Waals surface area contributed by atoms with E-state index in [-0.39, 0.29) is 12.3 Å². The number of benzene rings is 2. The van der Waals surface area contributed by atoms with Gasteiger partial charge in [-0.1, -0.05) is 48.5 Å². The fourth-order valence-electron chi connectivity index (χ4n) is 3.67. The van der Waals surface area contributed by atoms with Crippen molar-refractivity contribution in [1.29, 1.82) is 0 Å². The maximum atomic E-state index is 12.8. The molecule has 0 amide bonds. The fourth-order valence-corrected chi connectivity index (χ4v) is 3.67. The topological polar surface area (TPSA) is 128 Å². The number of carboxylic acids is 1. The zero-order chi connectivity index (χ0) is 32.4. The van der Waals surface area contributed by atoms with Gasteiger partial charge in [-0.25, -0.2) is 9.78 Å². The largest absolute Gasteiger partial charge is 0.497 e. The summed E-state index contributed by atoms with van der Waals surface area (Å²) < 4.78 is 59.7. The minimum atomic E-state index is -4.48. The van der Waals surface area contributed by atoms with Crippen LogP contribution in [0.1, 0.15) is 44.6 Å².